The zero-order valence-electron chi connectivity index (χ0n) is 32.2. The maximum atomic E-state index is 2.56. The topological polar surface area (TPSA) is 0 Å². The molecule has 2 atom stereocenters. The molecule has 10 aromatic carbocycles. The van der Waals surface area contributed by atoms with Gasteiger partial charge in [-0.25, -0.2) is 0 Å². The molecule has 0 heteroatoms. The summed E-state index contributed by atoms with van der Waals surface area (Å²) in [6, 6.07) is 68.0. The first-order valence-corrected chi connectivity index (χ1v) is 20.7. The Kier molecular flexibility index (Phi) is 7.60. The Hall–Kier alpha value is -7.02. The summed E-state index contributed by atoms with van der Waals surface area (Å²) in [7, 11) is 0. The highest BCUT2D eigenvalue weighted by molar-refractivity contribution is 6.24. The molecule has 2 unspecified atom stereocenters. The molecule has 0 fully saturated rings. The molecule has 0 aliphatic heterocycles. The van der Waals surface area contributed by atoms with Gasteiger partial charge in [-0.05, 0) is 146 Å². The minimum absolute atomic E-state index is 0.396. The summed E-state index contributed by atoms with van der Waals surface area (Å²) in [4.78, 5) is 0. The van der Waals surface area contributed by atoms with Gasteiger partial charge in [-0.15, -0.1) is 0 Å². The summed E-state index contributed by atoms with van der Waals surface area (Å²) >= 11 is 0. The van der Waals surface area contributed by atoms with Gasteiger partial charge >= 0.3 is 0 Å². The third kappa shape index (κ3) is 5.08. The lowest BCUT2D eigenvalue weighted by Crippen LogP contribution is -2.21. The third-order valence-corrected chi connectivity index (χ3v) is 13.2. The molecule has 2 aliphatic carbocycles. The van der Waals surface area contributed by atoms with Crippen LogP contribution in [-0.4, -0.2) is 0 Å². The summed E-state index contributed by atoms with van der Waals surface area (Å²) in [6.07, 6.45) is 11.7. The molecule has 12 rings (SSSR count). The van der Waals surface area contributed by atoms with Gasteiger partial charge in [0, 0.05) is 0 Å². The van der Waals surface area contributed by atoms with Crippen molar-refractivity contribution >= 4 is 70.2 Å². The van der Waals surface area contributed by atoms with Gasteiger partial charge in [0.25, 0.3) is 0 Å². The average molecular weight is 737 g/mol. The summed E-state index contributed by atoms with van der Waals surface area (Å²) in [6.45, 7) is 0. The van der Waals surface area contributed by atoms with Crippen molar-refractivity contribution in [1.29, 1.82) is 0 Å². The first-order chi connectivity index (χ1) is 28.8. The normalized spacial score (nSPS) is 16.6. The number of hydrogen-bond donors (Lipinski definition) is 0. The Bertz CT molecular complexity index is 3340. The van der Waals surface area contributed by atoms with E-state index in [0.29, 0.717) is 11.8 Å². The van der Waals surface area contributed by atoms with E-state index in [0.717, 1.165) is 12.8 Å². The highest BCUT2D eigenvalue weighted by Gasteiger charge is 2.33. The number of allylic oxidation sites excluding steroid dienone is 6. The summed E-state index contributed by atoms with van der Waals surface area (Å²) < 4.78 is 0. The molecule has 0 N–H and O–H groups in total. The zero-order chi connectivity index (χ0) is 38.2. The molecule has 10 aromatic rings. The highest BCUT2D eigenvalue weighted by Crippen LogP contribution is 2.51. The van der Waals surface area contributed by atoms with Gasteiger partial charge in [0.05, 0.1) is 0 Å². The molecule has 0 saturated carbocycles. The van der Waals surface area contributed by atoms with Gasteiger partial charge in [0.1, 0.15) is 0 Å². The quantitative estimate of drug-likeness (QED) is 0.125. The second-order valence-electron chi connectivity index (χ2n) is 16.2. The lowest BCUT2D eigenvalue weighted by atomic mass is 9.67. The minimum atomic E-state index is 0.396. The lowest BCUT2D eigenvalue weighted by Gasteiger charge is -2.36. The Morgan fingerprint density at radius 2 is 0.966 bits per heavy atom. The molecular weight excluding hydrogens is 697 g/mol. The van der Waals surface area contributed by atoms with E-state index in [9.17, 15) is 0 Å². The molecule has 0 radical (unpaired) electrons. The molecule has 0 amide bonds. The molecule has 0 saturated heterocycles. The maximum absolute atomic E-state index is 2.56. The van der Waals surface area contributed by atoms with Gasteiger partial charge < -0.3 is 0 Å². The first-order valence-electron chi connectivity index (χ1n) is 20.7. The third-order valence-electron chi connectivity index (χ3n) is 13.2. The van der Waals surface area contributed by atoms with Gasteiger partial charge in [-0.1, -0.05) is 194 Å². The average Bonchev–Trinajstić information content (AvgIpc) is 3.29. The summed E-state index contributed by atoms with van der Waals surface area (Å²) in [5.74, 6) is 0.799. The van der Waals surface area contributed by atoms with Crippen LogP contribution in [0.1, 0.15) is 29.9 Å². The highest BCUT2D eigenvalue weighted by atomic mass is 14.4. The van der Waals surface area contributed by atoms with E-state index in [-0.39, 0.29) is 0 Å². The van der Waals surface area contributed by atoms with E-state index in [1.54, 1.807) is 0 Å². The van der Waals surface area contributed by atoms with E-state index in [4.69, 9.17) is 0 Å². The summed E-state index contributed by atoms with van der Waals surface area (Å²) in [5.41, 5.74) is 10.8. The van der Waals surface area contributed by atoms with Crippen LogP contribution in [0.25, 0.3) is 92.5 Å². The molecule has 0 aromatic heterocycles. The second-order valence-corrected chi connectivity index (χ2v) is 16.2. The van der Waals surface area contributed by atoms with Gasteiger partial charge in [0.15, 0.2) is 0 Å². The van der Waals surface area contributed by atoms with Crippen LogP contribution in [-0.2, 0) is 0 Å². The van der Waals surface area contributed by atoms with E-state index in [1.165, 1.54) is 109 Å². The van der Waals surface area contributed by atoms with Crippen molar-refractivity contribution in [3.05, 3.63) is 223 Å². The van der Waals surface area contributed by atoms with Crippen molar-refractivity contribution < 1.29 is 0 Å². The number of rotatable bonds is 4. The van der Waals surface area contributed by atoms with Crippen LogP contribution in [0.2, 0.25) is 0 Å². The standard InChI is InChI=1S/C58H40/c1-2-15-37(16-3-1)57-52-21-8-10-23-54(52)58(55-24-11-9-22-53(55)57)51-30-14-27-43-44(25-12-28-46(43)51)49-33-34-50(42-20-7-6-19-41(42)49)45-26-13-29-47-48(45)32-31-40-35-38-17-4-5-18-39(38)36-56(40)47/h1-19,21-33,35-36,42,50H,20,34H2. The van der Waals surface area contributed by atoms with Crippen LogP contribution in [0, 0.1) is 5.92 Å². The van der Waals surface area contributed by atoms with Crippen LogP contribution in [0.4, 0.5) is 0 Å². The van der Waals surface area contributed by atoms with Crippen molar-refractivity contribution in [2.75, 3.05) is 0 Å². The molecule has 2 aliphatic rings. The van der Waals surface area contributed by atoms with Crippen molar-refractivity contribution in [3.63, 3.8) is 0 Å². The fourth-order valence-electron chi connectivity index (χ4n) is 10.7. The van der Waals surface area contributed by atoms with Gasteiger partial charge in [-0.2, -0.15) is 0 Å². The van der Waals surface area contributed by atoms with Crippen molar-refractivity contribution in [2.24, 2.45) is 5.92 Å². The molecular formula is C58H40. The molecule has 0 bridgehead atoms. The fourth-order valence-corrected chi connectivity index (χ4v) is 10.7. The fraction of sp³-hybridized carbons (Fsp3) is 0.0690. The van der Waals surface area contributed by atoms with E-state index < -0.39 is 0 Å². The first kappa shape index (κ1) is 33.2. The molecule has 0 heterocycles. The van der Waals surface area contributed by atoms with Gasteiger partial charge in [0.2, 0.25) is 0 Å². The molecule has 0 nitrogen and oxygen atoms in total. The Morgan fingerprint density at radius 1 is 0.362 bits per heavy atom. The van der Waals surface area contributed by atoms with Crippen LogP contribution in [0.15, 0.2) is 212 Å². The van der Waals surface area contributed by atoms with E-state index >= 15 is 0 Å². The predicted molar refractivity (Wildman–Crippen MR) is 249 cm³/mol. The largest absolute Gasteiger partial charge is 0.0839 e. The molecule has 58 heavy (non-hydrogen) atoms. The minimum Gasteiger partial charge on any atom is -0.0839 e. The maximum Gasteiger partial charge on any atom is -0.00201 e. The van der Waals surface area contributed by atoms with Crippen molar-refractivity contribution in [3.8, 4) is 22.3 Å². The lowest BCUT2D eigenvalue weighted by molar-refractivity contribution is 0.489. The smallest absolute Gasteiger partial charge is 0.00201 e. The van der Waals surface area contributed by atoms with Gasteiger partial charge in [-0.3, -0.25) is 0 Å². The van der Waals surface area contributed by atoms with Crippen LogP contribution in [0.5, 0.6) is 0 Å². The van der Waals surface area contributed by atoms with Crippen molar-refractivity contribution in [1.82, 2.24) is 0 Å². The predicted octanol–water partition coefficient (Wildman–Crippen LogP) is 16.0. The SMILES string of the molecule is C1=CCC2C(=C1)C(c1cccc3c(-c4c5ccccc5c(-c5ccccc5)c5ccccc45)cccc13)=CCC2c1cccc2c1ccc1cc3ccccc3cc12. The van der Waals surface area contributed by atoms with Crippen LogP contribution >= 0.6 is 0 Å². The number of benzene rings is 10. The molecule has 0 spiro atoms. The Morgan fingerprint density at radius 3 is 1.72 bits per heavy atom. The Labute approximate surface area is 338 Å². The Balaban J connectivity index is 1.02. The van der Waals surface area contributed by atoms with Crippen LogP contribution in [0.3, 0.4) is 0 Å². The van der Waals surface area contributed by atoms with Crippen molar-refractivity contribution in [2.45, 2.75) is 18.8 Å². The zero-order valence-corrected chi connectivity index (χ0v) is 32.2. The van der Waals surface area contributed by atoms with E-state index in [1.807, 2.05) is 0 Å². The second kappa shape index (κ2) is 13.3. The van der Waals surface area contributed by atoms with Crippen LogP contribution < -0.4 is 0 Å². The number of fused-ring (bicyclic) bond motifs is 8. The summed E-state index contributed by atoms with van der Waals surface area (Å²) in [5, 5.41) is 15.7. The monoisotopic (exact) mass is 736 g/mol. The number of hydrogen-bond acceptors (Lipinski definition) is 0. The van der Waals surface area contributed by atoms with E-state index in [2.05, 4.69) is 206 Å². The molecule has 272 valence electrons.